The highest BCUT2D eigenvalue weighted by Gasteiger charge is 2.22. The molecule has 1 aromatic carbocycles. The topological polar surface area (TPSA) is 72.6 Å². The predicted molar refractivity (Wildman–Crippen MR) is 69.5 cm³/mol. The molecule has 0 spiro atoms. The molecule has 1 fully saturated rings. The van der Waals surface area contributed by atoms with Gasteiger partial charge in [0.05, 0.1) is 18.5 Å². The maximum absolute atomic E-state index is 10.9. The van der Waals surface area contributed by atoms with E-state index >= 15 is 0 Å². The summed E-state index contributed by atoms with van der Waals surface area (Å²) in [6.45, 7) is 2.54. The first-order valence-corrected chi connectivity index (χ1v) is 7.65. The summed E-state index contributed by atoms with van der Waals surface area (Å²) in [5.41, 5.74) is 1.12. The molecule has 1 atom stereocenters. The second kappa shape index (κ2) is 5.79. The Morgan fingerprint density at radius 2 is 2.06 bits per heavy atom. The molecule has 1 aliphatic heterocycles. The van der Waals surface area contributed by atoms with Gasteiger partial charge in [0.2, 0.25) is 10.0 Å². The van der Waals surface area contributed by atoms with Crippen LogP contribution in [0.5, 0.6) is 0 Å². The van der Waals surface area contributed by atoms with Gasteiger partial charge in [0.15, 0.2) is 0 Å². The van der Waals surface area contributed by atoms with Crippen LogP contribution in [0.15, 0.2) is 30.3 Å². The van der Waals surface area contributed by atoms with E-state index in [4.69, 9.17) is 9.88 Å². The second-order valence-corrected chi connectivity index (χ2v) is 6.17. The summed E-state index contributed by atoms with van der Waals surface area (Å²) in [6.07, 6.45) is 0.0143. The first kappa shape index (κ1) is 13.5. The van der Waals surface area contributed by atoms with E-state index in [-0.39, 0.29) is 11.9 Å². The van der Waals surface area contributed by atoms with Crippen molar-refractivity contribution in [2.75, 3.05) is 32.0 Å². The first-order valence-electron chi connectivity index (χ1n) is 5.94. The summed E-state index contributed by atoms with van der Waals surface area (Å²) < 4.78 is 27.6. The summed E-state index contributed by atoms with van der Waals surface area (Å²) in [5, 5.41) is 5.01. The summed E-state index contributed by atoms with van der Waals surface area (Å²) in [5.74, 6) is -0.00545. The Hall–Kier alpha value is -0.950. The quantitative estimate of drug-likeness (QED) is 0.857. The Morgan fingerprint density at radius 1 is 1.33 bits per heavy atom. The third kappa shape index (κ3) is 4.06. The van der Waals surface area contributed by atoms with Crippen LogP contribution in [0.4, 0.5) is 0 Å². The zero-order valence-electron chi connectivity index (χ0n) is 10.2. The highest BCUT2D eigenvalue weighted by atomic mass is 32.2. The largest absolute Gasteiger partial charge is 0.371 e. The van der Waals surface area contributed by atoms with Gasteiger partial charge in [0.25, 0.3) is 0 Å². The molecule has 6 heteroatoms. The van der Waals surface area contributed by atoms with Crippen LogP contribution < -0.4 is 5.14 Å². The fourth-order valence-electron chi connectivity index (χ4n) is 2.03. The number of nitrogens with zero attached hydrogens (tertiary/aromatic N) is 1. The van der Waals surface area contributed by atoms with E-state index in [0.717, 1.165) is 12.1 Å². The molecule has 0 amide bonds. The van der Waals surface area contributed by atoms with Crippen molar-refractivity contribution in [3.8, 4) is 0 Å². The Kier molecular flexibility index (Phi) is 4.34. The molecule has 100 valence electrons. The molecule has 0 radical (unpaired) electrons. The van der Waals surface area contributed by atoms with Gasteiger partial charge in [-0.3, -0.25) is 4.90 Å². The van der Waals surface area contributed by atoms with Crippen molar-refractivity contribution in [1.29, 1.82) is 0 Å². The zero-order chi connectivity index (χ0) is 13.0. The summed E-state index contributed by atoms with van der Waals surface area (Å²) >= 11 is 0. The lowest BCUT2D eigenvalue weighted by Gasteiger charge is -2.32. The first-order chi connectivity index (χ1) is 8.54. The molecule has 1 aromatic rings. The van der Waals surface area contributed by atoms with Crippen LogP contribution in [0.25, 0.3) is 0 Å². The van der Waals surface area contributed by atoms with E-state index in [0.29, 0.717) is 19.7 Å². The Morgan fingerprint density at radius 3 is 2.72 bits per heavy atom. The van der Waals surface area contributed by atoms with Crippen molar-refractivity contribution >= 4 is 10.0 Å². The van der Waals surface area contributed by atoms with E-state index in [2.05, 4.69) is 4.90 Å². The van der Waals surface area contributed by atoms with Crippen molar-refractivity contribution in [2.24, 2.45) is 5.14 Å². The van der Waals surface area contributed by atoms with Gasteiger partial charge >= 0.3 is 0 Å². The third-order valence-electron chi connectivity index (χ3n) is 3.01. The lowest BCUT2D eigenvalue weighted by molar-refractivity contribution is -0.0279. The average molecular weight is 270 g/mol. The standard InChI is InChI=1S/C12H18N2O3S/c13-18(15,16)9-7-14-6-8-17-12(10-14)11-4-2-1-3-5-11/h1-5,12H,6-10H2,(H2,13,15,16)/t12-/m1/s1. The normalized spacial score (nSPS) is 21.9. The highest BCUT2D eigenvalue weighted by molar-refractivity contribution is 7.89. The molecular formula is C12H18N2O3S. The Labute approximate surface area is 108 Å². The van der Waals surface area contributed by atoms with Crippen LogP contribution in [-0.2, 0) is 14.8 Å². The van der Waals surface area contributed by atoms with Gasteiger partial charge in [0, 0.05) is 19.6 Å². The van der Waals surface area contributed by atoms with Gasteiger partial charge in [0.1, 0.15) is 0 Å². The molecule has 0 unspecified atom stereocenters. The average Bonchev–Trinajstić information content (AvgIpc) is 2.37. The molecule has 1 heterocycles. The molecule has 0 bridgehead atoms. The van der Waals surface area contributed by atoms with E-state index in [1.54, 1.807) is 0 Å². The van der Waals surface area contributed by atoms with Gasteiger partial charge in [-0.2, -0.15) is 0 Å². The van der Waals surface area contributed by atoms with Gasteiger partial charge < -0.3 is 4.74 Å². The summed E-state index contributed by atoms with van der Waals surface area (Å²) in [7, 11) is -3.39. The van der Waals surface area contributed by atoms with Crippen molar-refractivity contribution in [1.82, 2.24) is 4.90 Å². The van der Waals surface area contributed by atoms with Crippen LogP contribution in [0, 0.1) is 0 Å². The lowest BCUT2D eigenvalue weighted by Crippen LogP contribution is -2.41. The maximum atomic E-state index is 10.9. The molecule has 1 saturated heterocycles. The molecule has 2 N–H and O–H groups in total. The van der Waals surface area contributed by atoms with Crippen LogP contribution in [0.1, 0.15) is 11.7 Å². The molecule has 2 rings (SSSR count). The minimum atomic E-state index is -3.39. The minimum absolute atomic E-state index is 0.00545. The molecule has 1 aliphatic rings. The molecule has 0 saturated carbocycles. The molecular weight excluding hydrogens is 252 g/mol. The Bertz CT molecular complexity index is 475. The number of morpholine rings is 1. The van der Waals surface area contributed by atoms with Gasteiger partial charge in [-0.25, -0.2) is 13.6 Å². The number of nitrogens with two attached hydrogens (primary N) is 1. The van der Waals surface area contributed by atoms with Gasteiger partial charge in [-0.1, -0.05) is 30.3 Å². The molecule has 18 heavy (non-hydrogen) atoms. The number of ether oxygens (including phenoxy) is 1. The van der Waals surface area contributed by atoms with Crippen molar-refractivity contribution in [2.45, 2.75) is 6.10 Å². The fraction of sp³-hybridized carbons (Fsp3) is 0.500. The van der Waals surface area contributed by atoms with Crippen molar-refractivity contribution in [3.63, 3.8) is 0 Å². The van der Waals surface area contributed by atoms with E-state index in [9.17, 15) is 8.42 Å². The highest BCUT2D eigenvalue weighted by Crippen LogP contribution is 2.21. The van der Waals surface area contributed by atoms with Crippen LogP contribution >= 0.6 is 0 Å². The number of hydrogen-bond acceptors (Lipinski definition) is 4. The lowest BCUT2D eigenvalue weighted by atomic mass is 10.1. The summed E-state index contributed by atoms with van der Waals surface area (Å²) in [4.78, 5) is 2.07. The van der Waals surface area contributed by atoms with Crippen molar-refractivity contribution in [3.05, 3.63) is 35.9 Å². The Balaban J connectivity index is 1.93. The van der Waals surface area contributed by atoms with Crippen LogP contribution in [-0.4, -0.2) is 45.3 Å². The van der Waals surface area contributed by atoms with E-state index in [1.807, 2.05) is 30.3 Å². The number of primary sulfonamides is 1. The number of benzene rings is 1. The summed E-state index contributed by atoms with van der Waals surface area (Å²) in [6, 6.07) is 9.96. The minimum Gasteiger partial charge on any atom is -0.371 e. The fourth-order valence-corrected chi connectivity index (χ4v) is 2.54. The SMILES string of the molecule is NS(=O)(=O)CCN1CCO[C@@H](c2ccccc2)C1. The zero-order valence-corrected chi connectivity index (χ0v) is 11.0. The number of rotatable bonds is 4. The van der Waals surface area contributed by atoms with Crippen LogP contribution in [0.3, 0.4) is 0 Å². The monoisotopic (exact) mass is 270 g/mol. The van der Waals surface area contributed by atoms with Gasteiger partial charge in [-0.15, -0.1) is 0 Å². The maximum Gasteiger partial charge on any atom is 0.210 e. The van der Waals surface area contributed by atoms with E-state index < -0.39 is 10.0 Å². The predicted octanol–water partition coefficient (Wildman–Crippen LogP) is 0.348. The molecule has 0 aliphatic carbocycles. The van der Waals surface area contributed by atoms with Crippen LogP contribution in [0.2, 0.25) is 0 Å². The smallest absolute Gasteiger partial charge is 0.210 e. The second-order valence-electron chi connectivity index (χ2n) is 4.44. The third-order valence-corrected chi connectivity index (χ3v) is 3.77. The molecule has 5 nitrogen and oxygen atoms in total. The number of sulfonamides is 1. The number of hydrogen-bond donors (Lipinski definition) is 1. The molecule has 0 aromatic heterocycles. The van der Waals surface area contributed by atoms with Crippen molar-refractivity contribution < 1.29 is 13.2 Å². The van der Waals surface area contributed by atoms with E-state index in [1.165, 1.54) is 0 Å². The van der Waals surface area contributed by atoms with Gasteiger partial charge in [-0.05, 0) is 5.56 Å².